The van der Waals surface area contributed by atoms with Crippen LogP contribution in [-0.2, 0) is 4.79 Å². The number of nitrogens with one attached hydrogen (secondary N) is 4. The maximum Gasteiger partial charge on any atom is 0.216 e. The van der Waals surface area contributed by atoms with Gasteiger partial charge in [-0.1, -0.05) is 23.7 Å². The molecule has 0 aliphatic carbocycles. The third-order valence-electron chi connectivity index (χ3n) is 4.66. The lowest BCUT2D eigenvalue weighted by molar-refractivity contribution is -0.118. The Labute approximate surface area is 177 Å². The van der Waals surface area contributed by atoms with Gasteiger partial charge in [0.1, 0.15) is 17.7 Å². The Morgan fingerprint density at radius 1 is 1.20 bits per heavy atom. The molecule has 4 rings (SSSR count). The number of rotatable bonds is 7. The van der Waals surface area contributed by atoms with Crippen LogP contribution in [0.1, 0.15) is 25.5 Å². The van der Waals surface area contributed by atoms with Gasteiger partial charge in [-0.05, 0) is 19.1 Å². The highest BCUT2D eigenvalue weighted by atomic mass is 35.5. The number of aromatic amines is 1. The summed E-state index contributed by atoms with van der Waals surface area (Å²) in [4.78, 5) is 31.6. The first kappa shape index (κ1) is 19.8. The highest BCUT2D eigenvalue weighted by molar-refractivity contribution is 6.35. The Morgan fingerprint density at radius 3 is 2.90 bits per heavy atom. The van der Waals surface area contributed by atoms with E-state index in [1.807, 2.05) is 25.1 Å². The molecule has 3 heterocycles. The molecule has 9 nitrogen and oxygen atoms in total. The number of aromatic nitrogens is 5. The minimum atomic E-state index is -0.134. The van der Waals surface area contributed by atoms with Crippen molar-refractivity contribution in [1.82, 2.24) is 30.2 Å². The first-order valence-corrected chi connectivity index (χ1v) is 9.89. The minimum absolute atomic E-state index is 0.0751. The molecule has 154 valence electrons. The van der Waals surface area contributed by atoms with Crippen LogP contribution in [-0.4, -0.2) is 43.9 Å². The predicted molar refractivity (Wildman–Crippen MR) is 118 cm³/mol. The maximum absolute atomic E-state index is 11.1. The number of hydrogen-bond acceptors (Lipinski definition) is 7. The molecule has 1 aromatic carbocycles. The molecule has 4 N–H and O–H groups in total. The van der Waals surface area contributed by atoms with Gasteiger partial charge in [0.2, 0.25) is 5.91 Å². The predicted octanol–water partition coefficient (Wildman–Crippen LogP) is 3.28. The third kappa shape index (κ3) is 4.11. The van der Waals surface area contributed by atoms with Crippen molar-refractivity contribution in [2.24, 2.45) is 0 Å². The quantitative estimate of drug-likeness (QED) is 0.336. The van der Waals surface area contributed by atoms with Gasteiger partial charge in [0.05, 0.1) is 22.9 Å². The minimum Gasteiger partial charge on any atom is -0.368 e. The van der Waals surface area contributed by atoms with Gasteiger partial charge >= 0.3 is 0 Å². The summed E-state index contributed by atoms with van der Waals surface area (Å²) in [5, 5.41) is 11.0. The number of H-pyrrole nitrogens is 1. The number of benzene rings is 1. The number of anilines is 2. The Bertz CT molecular complexity index is 1210. The van der Waals surface area contributed by atoms with Crippen molar-refractivity contribution in [3.05, 3.63) is 47.5 Å². The summed E-state index contributed by atoms with van der Waals surface area (Å²) >= 11 is 6.36. The molecule has 30 heavy (non-hydrogen) atoms. The molecule has 0 radical (unpaired) electrons. The van der Waals surface area contributed by atoms with Crippen molar-refractivity contribution in [2.45, 2.75) is 19.9 Å². The van der Waals surface area contributed by atoms with Crippen LogP contribution >= 0.6 is 11.6 Å². The van der Waals surface area contributed by atoms with Crippen LogP contribution in [0.5, 0.6) is 0 Å². The molecule has 0 spiro atoms. The summed E-state index contributed by atoms with van der Waals surface area (Å²) in [6, 6.07) is 7.61. The third-order valence-corrected chi connectivity index (χ3v) is 4.97. The second-order valence-corrected chi connectivity index (χ2v) is 7.24. The van der Waals surface area contributed by atoms with E-state index in [4.69, 9.17) is 16.6 Å². The van der Waals surface area contributed by atoms with E-state index in [1.54, 1.807) is 6.33 Å². The molecule has 1 amide bonds. The first-order chi connectivity index (χ1) is 14.5. The van der Waals surface area contributed by atoms with Crippen molar-refractivity contribution in [2.75, 3.05) is 23.7 Å². The average molecular weight is 425 g/mol. The molecule has 4 aromatic rings. The number of fused-ring (bicyclic) bond motifs is 2. The highest BCUT2D eigenvalue weighted by Gasteiger charge is 2.17. The van der Waals surface area contributed by atoms with Crippen LogP contribution in [0.15, 0.2) is 36.9 Å². The molecular weight excluding hydrogens is 404 g/mol. The molecule has 1 atom stereocenters. The van der Waals surface area contributed by atoms with Gasteiger partial charge in [-0.25, -0.2) is 19.9 Å². The summed E-state index contributed by atoms with van der Waals surface area (Å²) in [6.07, 6.45) is 3.06. The van der Waals surface area contributed by atoms with Crippen molar-refractivity contribution in [3.8, 4) is 0 Å². The van der Waals surface area contributed by atoms with Gasteiger partial charge in [-0.15, -0.1) is 0 Å². The maximum atomic E-state index is 11.1. The molecule has 0 saturated heterocycles. The van der Waals surface area contributed by atoms with Gasteiger partial charge in [0.25, 0.3) is 0 Å². The van der Waals surface area contributed by atoms with E-state index in [9.17, 15) is 4.79 Å². The normalized spacial score (nSPS) is 12.1. The van der Waals surface area contributed by atoms with Crippen LogP contribution < -0.4 is 16.0 Å². The highest BCUT2D eigenvalue weighted by Crippen LogP contribution is 2.31. The van der Waals surface area contributed by atoms with Gasteiger partial charge in [-0.2, -0.15) is 0 Å². The van der Waals surface area contributed by atoms with Crippen molar-refractivity contribution in [1.29, 1.82) is 0 Å². The SMILES string of the molecule is CC(=O)NCCNc1nc2c(Cl)cccc2cc1[C@H](C)Nc1ncnc2nc[nH]c12. The number of pyridine rings is 1. The Morgan fingerprint density at radius 2 is 2.07 bits per heavy atom. The van der Waals surface area contributed by atoms with Crippen LogP contribution in [0.2, 0.25) is 5.02 Å². The molecule has 0 fully saturated rings. The smallest absolute Gasteiger partial charge is 0.216 e. The monoisotopic (exact) mass is 424 g/mol. The Kier molecular flexibility index (Phi) is 5.62. The zero-order chi connectivity index (χ0) is 21.1. The lowest BCUT2D eigenvalue weighted by Gasteiger charge is -2.20. The zero-order valence-electron chi connectivity index (χ0n) is 16.5. The fraction of sp³-hybridized carbons (Fsp3) is 0.250. The van der Waals surface area contributed by atoms with E-state index >= 15 is 0 Å². The van der Waals surface area contributed by atoms with Crippen LogP contribution in [0, 0.1) is 0 Å². The number of carbonyl (C=O) groups is 1. The molecule has 0 aliphatic rings. The number of nitrogens with zero attached hydrogens (tertiary/aromatic N) is 4. The fourth-order valence-corrected chi connectivity index (χ4v) is 3.45. The first-order valence-electron chi connectivity index (χ1n) is 9.51. The number of para-hydroxylation sites is 1. The van der Waals surface area contributed by atoms with Gasteiger partial charge in [0.15, 0.2) is 11.5 Å². The largest absolute Gasteiger partial charge is 0.368 e. The van der Waals surface area contributed by atoms with Gasteiger partial charge in [-0.3, -0.25) is 4.79 Å². The van der Waals surface area contributed by atoms with Crippen molar-refractivity contribution in [3.63, 3.8) is 0 Å². The van der Waals surface area contributed by atoms with Gasteiger partial charge in [0, 0.05) is 31.0 Å². The lowest BCUT2D eigenvalue weighted by atomic mass is 10.1. The van der Waals surface area contributed by atoms with E-state index in [0.717, 1.165) is 22.0 Å². The second kappa shape index (κ2) is 8.50. The fourth-order valence-electron chi connectivity index (χ4n) is 3.23. The van der Waals surface area contributed by atoms with E-state index in [1.165, 1.54) is 13.3 Å². The number of carbonyl (C=O) groups excluding carboxylic acids is 1. The molecule has 0 aliphatic heterocycles. The van der Waals surface area contributed by atoms with E-state index in [-0.39, 0.29) is 11.9 Å². The lowest BCUT2D eigenvalue weighted by Crippen LogP contribution is -2.27. The zero-order valence-corrected chi connectivity index (χ0v) is 17.3. The molecule has 3 aromatic heterocycles. The standard InChI is InChI=1S/C20H21ClN8O/c1-11(28-20-17-19(25-9-24-17)26-10-27-20)14-8-13-4-3-5-15(21)16(13)29-18(14)23-7-6-22-12(2)30/h3-5,8-11H,6-7H2,1-2H3,(H,22,30)(H,23,29)(H2,24,25,26,27,28)/t11-/m0/s1. The molecule has 0 saturated carbocycles. The van der Waals surface area contributed by atoms with Crippen molar-refractivity contribution < 1.29 is 4.79 Å². The van der Waals surface area contributed by atoms with Crippen molar-refractivity contribution >= 4 is 51.2 Å². The second-order valence-electron chi connectivity index (χ2n) is 6.84. The molecular formula is C20H21ClN8O. The number of imidazole rings is 1. The average Bonchev–Trinajstić information content (AvgIpc) is 3.21. The topological polar surface area (TPSA) is 121 Å². The summed E-state index contributed by atoms with van der Waals surface area (Å²) in [6.45, 7) is 4.53. The summed E-state index contributed by atoms with van der Waals surface area (Å²) in [5.74, 6) is 1.27. The number of hydrogen-bond donors (Lipinski definition) is 4. The molecule has 0 unspecified atom stereocenters. The van der Waals surface area contributed by atoms with E-state index in [2.05, 4.69) is 42.0 Å². The van der Waals surface area contributed by atoms with Crippen LogP contribution in [0.25, 0.3) is 22.1 Å². The summed E-state index contributed by atoms with van der Waals surface area (Å²) < 4.78 is 0. The summed E-state index contributed by atoms with van der Waals surface area (Å²) in [7, 11) is 0. The molecule has 0 bridgehead atoms. The van der Waals surface area contributed by atoms with E-state index < -0.39 is 0 Å². The Balaban J connectivity index is 1.67. The number of amides is 1. The Hall–Kier alpha value is -3.46. The number of halogens is 1. The van der Waals surface area contributed by atoms with Crippen LogP contribution in [0.3, 0.4) is 0 Å². The van der Waals surface area contributed by atoms with E-state index in [0.29, 0.717) is 35.4 Å². The summed E-state index contributed by atoms with van der Waals surface area (Å²) in [5.41, 5.74) is 2.99. The molecule has 10 heteroatoms. The van der Waals surface area contributed by atoms with Crippen LogP contribution in [0.4, 0.5) is 11.6 Å². The van der Waals surface area contributed by atoms with Gasteiger partial charge < -0.3 is 20.9 Å².